The predicted molar refractivity (Wildman–Crippen MR) is 44.1 cm³/mol. The molecule has 2 heterocycles. The Morgan fingerprint density at radius 2 is 2.23 bits per heavy atom. The molecule has 13 heavy (non-hydrogen) atoms. The van der Waals surface area contributed by atoms with Gasteiger partial charge in [0.2, 0.25) is 0 Å². The van der Waals surface area contributed by atoms with Gasteiger partial charge in [-0.1, -0.05) is 0 Å². The van der Waals surface area contributed by atoms with Crippen molar-refractivity contribution in [1.82, 2.24) is 14.9 Å². The minimum absolute atomic E-state index is 0.140. The molecule has 0 aliphatic carbocycles. The Labute approximate surface area is 75.0 Å². The van der Waals surface area contributed by atoms with E-state index in [0.717, 1.165) is 6.42 Å². The fourth-order valence-electron chi connectivity index (χ4n) is 1.37. The molecule has 1 unspecified atom stereocenters. The molecule has 1 aliphatic rings. The first-order chi connectivity index (χ1) is 6.29. The van der Waals surface area contributed by atoms with Crippen molar-refractivity contribution in [2.24, 2.45) is 0 Å². The molecule has 0 saturated carbocycles. The molecule has 5 heteroatoms. The third-order valence-electron chi connectivity index (χ3n) is 2.15. The van der Waals surface area contributed by atoms with E-state index in [9.17, 15) is 4.79 Å². The number of carbonyl (C=O) groups is 1. The molecular formula is C8H9N3O2. The Morgan fingerprint density at radius 3 is 2.69 bits per heavy atom. The normalized spacial score (nSPS) is 20.9. The summed E-state index contributed by atoms with van der Waals surface area (Å²) in [5, 5.41) is 8.74. The lowest BCUT2D eigenvalue weighted by molar-refractivity contribution is 0.0714. The van der Waals surface area contributed by atoms with E-state index in [0.29, 0.717) is 12.4 Å². The standard InChI is InChI=1S/C8H9N3O2/c12-8(13)11-5-2-6(11)7-9-3-1-4-10-7/h1,3-4,6H,2,5H2,(H,12,13). The van der Waals surface area contributed by atoms with E-state index in [2.05, 4.69) is 9.97 Å². The fourth-order valence-corrected chi connectivity index (χ4v) is 1.37. The van der Waals surface area contributed by atoms with Crippen LogP contribution < -0.4 is 0 Å². The second kappa shape index (κ2) is 3.01. The van der Waals surface area contributed by atoms with Crippen molar-refractivity contribution < 1.29 is 9.90 Å². The molecule has 0 bridgehead atoms. The van der Waals surface area contributed by atoms with Crippen molar-refractivity contribution in [2.45, 2.75) is 12.5 Å². The highest BCUT2D eigenvalue weighted by Crippen LogP contribution is 2.30. The van der Waals surface area contributed by atoms with Gasteiger partial charge in [-0.05, 0) is 12.5 Å². The van der Waals surface area contributed by atoms with Crippen molar-refractivity contribution >= 4 is 6.09 Å². The highest BCUT2D eigenvalue weighted by Gasteiger charge is 2.34. The highest BCUT2D eigenvalue weighted by atomic mass is 16.4. The maximum Gasteiger partial charge on any atom is 0.407 e. The van der Waals surface area contributed by atoms with E-state index in [1.807, 2.05) is 0 Å². The monoisotopic (exact) mass is 179 g/mol. The molecule has 68 valence electrons. The van der Waals surface area contributed by atoms with E-state index in [1.165, 1.54) is 4.90 Å². The van der Waals surface area contributed by atoms with E-state index < -0.39 is 6.09 Å². The maximum atomic E-state index is 10.6. The maximum absolute atomic E-state index is 10.6. The first-order valence-electron chi connectivity index (χ1n) is 4.05. The van der Waals surface area contributed by atoms with Gasteiger partial charge in [-0.25, -0.2) is 14.8 Å². The summed E-state index contributed by atoms with van der Waals surface area (Å²) in [4.78, 5) is 20.0. The Kier molecular flexibility index (Phi) is 1.84. The van der Waals surface area contributed by atoms with Crippen molar-refractivity contribution in [3.63, 3.8) is 0 Å². The summed E-state index contributed by atoms with van der Waals surface area (Å²) in [6, 6.07) is 1.58. The lowest BCUT2D eigenvalue weighted by Gasteiger charge is -2.37. The summed E-state index contributed by atoms with van der Waals surface area (Å²) in [6.45, 7) is 0.582. The average Bonchev–Trinajstić information content (AvgIpc) is 2.02. The molecule has 1 atom stereocenters. The van der Waals surface area contributed by atoms with Gasteiger partial charge >= 0.3 is 6.09 Å². The van der Waals surface area contributed by atoms with E-state index in [-0.39, 0.29) is 6.04 Å². The number of hydrogen-bond acceptors (Lipinski definition) is 3. The van der Waals surface area contributed by atoms with Crippen molar-refractivity contribution in [2.75, 3.05) is 6.54 Å². The number of rotatable bonds is 1. The van der Waals surface area contributed by atoms with Crippen molar-refractivity contribution in [1.29, 1.82) is 0 Å². The smallest absolute Gasteiger partial charge is 0.407 e. The van der Waals surface area contributed by atoms with Gasteiger partial charge in [0.15, 0.2) is 5.82 Å². The first-order valence-corrected chi connectivity index (χ1v) is 4.05. The molecule has 2 rings (SSSR count). The van der Waals surface area contributed by atoms with Crippen LogP contribution >= 0.6 is 0 Å². The Hall–Kier alpha value is -1.65. The van der Waals surface area contributed by atoms with Crippen LogP contribution in [-0.2, 0) is 0 Å². The largest absolute Gasteiger partial charge is 0.465 e. The molecular weight excluding hydrogens is 170 g/mol. The molecule has 1 amide bonds. The number of hydrogen-bond donors (Lipinski definition) is 1. The van der Waals surface area contributed by atoms with Gasteiger partial charge in [0.05, 0.1) is 6.04 Å². The Morgan fingerprint density at radius 1 is 1.54 bits per heavy atom. The van der Waals surface area contributed by atoms with Gasteiger partial charge in [-0.15, -0.1) is 0 Å². The summed E-state index contributed by atoms with van der Waals surface area (Å²) < 4.78 is 0. The average molecular weight is 179 g/mol. The van der Waals surface area contributed by atoms with E-state index >= 15 is 0 Å². The van der Waals surface area contributed by atoms with Crippen molar-refractivity contribution in [3.05, 3.63) is 24.3 Å². The summed E-state index contributed by atoms with van der Waals surface area (Å²) in [7, 11) is 0. The third-order valence-corrected chi connectivity index (χ3v) is 2.15. The van der Waals surface area contributed by atoms with Gasteiger partial charge in [-0.3, -0.25) is 4.90 Å². The fraction of sp³-hybridized carbons (Fsp3) is 0.375. The van der Waals surface area contributed by atoms with E-state index in [1.54, 1.807) is 18.5 Å². The summed E-state index contributed by atoms with van der Waals surface area (Å²) in [6.07, 6.45) is 3.17. The number of likely N-dealkylation sites (tertiary alicyclic amines) is 1. The molecule has 5 nitrogen and oxygen atoms in total. The number of aromatic nitrogens is 2. The van der Waals surface area contributed by atoms with Gasteiger partial charge in [0.25, 0.3) is 0 Å². The second-order valence-electron chi connectivity index (χ2n) is 2.89. The zero-order valence-electron chi connectivity index (χ0n) is 6.92. The van der Waals surface area contributed by atoms with Crippen molar-refractivity contribution in [3.8, 4) is 0 Å². The Bertz CT molecular complexity index is 314. The van der Waals surface area contributed by atoms with E-state index in [4.69, 9.17) is 5.11 Å². The highest BCUT2D eigenvalue weighted by molar-refractivity contribution is 5.66. The molecule has 1 aliphatic heterocycles. The summed E-state index contributed by atoms with van der Waals surface area (Å²) in [5.41, 5.74) is 0. The lowest BCUT2D eigenvalue weighted by Crippen LogP contribution is -2.45. The zero-order chi connectivity index (χ0) is 9.26. The quantitative estimate of drug-likeness (QED) is 0.695. The molecule has 1 N–H and O–H groups in total. The van der Waals surface area contributed by atoms with Crippen LogP contribution in [0.4, 0.5) is 4.79 Å². The van der Waals surface area contributed by atoms with Gasteiger partial charge < -0.3 is 5.11 Å². The van der Waals surface area contributed by atoms with Crippen LogP contribution in [0, 0.1) is 0 Å². The molecule has 0 aromatic carbocycles. The van der Waals surface area contributed by atoms with Crippen LogP contribution in [0.1, 0.15) is 18.3 Å². The minimum atomic E-state index is -0.899. The van der Waals surface area contributed by atoms with Gasteiger partial charge in [-0.2, -0.15) is 0 Å². The lowest BCUT2D eigenvalue weighted by atomic mass is 10.0. The molecule has 1 aromatic rings. The van der Waals surface area contributed by atoms with Gasteiger partial charge in [0.1, 0.15) is 0 Å². The number of carboxylic acid groups (broad SMARTS) is 1. The molecule has 1 fully saturated rings. The minimum Gasteiger partial charge on any atom is -0.465 e. The van der Waals surface area contributed by atoms with Crippen LogP contribution in [0.3, 0.4) is 0 Å². The topological polar surface area (TPSA) is 66.3 Å². The molecule has 1 saturated heterocycles. The second-order valence-corrected chi connectivity index (χ2v) is 2.89. The van der Waals surface area contributed by atoms with Crippen LogP contribution in [0.15, 0.2) is 18.5 Å². The Balaban J connectivity index is 2.15. The molecule has 1 aromatic heterocycles. The van der Waals surface area contributed by atoms with Crippen LogP contribution in [0.5, 0.6) is 0 Å². The van der Waals surface area contributed by atoms with Gasteiger partial charge in [0, 0.05) is 18.9 Å². The van der Waals surface area contributed by atoms with Crippen LogP contribution in [0.2, 0.25) is 0 Å². The summed E-state index contributed by atoms with van der Waals surface area (Å²) >= 11 is 0. The zero-order valence-corrected chi connectivity index (χ0v) is 6.92. The predicted octanol–water partition coefficient (Wildman–Crippen LogP) is 0.901. The molecule has 0 radical (unpaired) electrons. The SMILES string of the molecule is O=C(O)N1CCC1c1ncccn1. The first kappa shape index (κ1) is 7.97. The third kappa shape index (κ3) is 1.32. The number of amides is 1. The summed E-state index contributed by atoms with van der Waals surface area (Å²) in [5.74, 6) is 0.594. The molecule has 0 spiro atoms. The number of nitrogens with zero attached hydrogens (tertiary/aromatic N) is 3. The van der Waals surface area contributed by atoms with Crippen LogP contribution in [0.25, 0.3) is 0 Å². The van der Waals surface area contributed by atoms with Crippen LogP contribution in [-0.4, -0.2) is 32.6 Å².